The lowest BCUT2D eigenvalue weighted by Gasteiger charge is -2.06. The SMILES string of the molecule is Cc1c(NN=C(C#N)C#N)cccc1C(=O)O. The Morgan fingerprint density at radius 2 is 2.06 bits per heavy atom. The van der Waals surface area contributed by atoms with Crippen LogP contribution in [-0.4, -0.2) is 16.8 Å². The minimum atomic E-state index is -1.05. The van der Waals surface area contributed by atoms with Gasteiger partial charge in [-0.25, -0.2) is 4.79 Å². The molecule has 0 unspecified atom stereocenters. The topological polar surface area (TPSA) is 109 Å². The number of carbonyl (C=O) groups is 1. The van der Waals surface area contributed by atoms with E-state index in [4.69, 9.17) is 15.6 Å². The average Bonchev–Trinajstić information content (AvgIpc) is 2.32. The van der Waals surface area contributed by atoms with Crippen LogP contribution in [0.1, 0.15) is 15.9 Å². The summed E-state index contributed by atoms with van der Waals surface area (Å²) in [5, 5.41) is 29.4. The number of benzene rings is 1. The lowest BCUT2D eigenvalue weighted by Crippen LogP contribution is -2.03. The molecule has 1 rings (SSSR count). The van der Waals surface area contributed by atoms with E-state index in [1.54, 1.807) is 31.2 Å². The number of carboxylic acid groups (broad SMARTS) is 1. The third kappa shape index (κ3) is 2.80. The summed E-state index contributed by atoms with van der Waals surface area (Å²) in [7, 11) is 0. The van der Waals surface area contributed by atoms with Gasteiger partial charge in [-0.05, 0) is 24.6 Å². The van der Waals surface area contributed by atoms with Crippen molar-refractivity contribution in [2.24, 2.45) is 5.10 Å². The van der Waals surface area contributed by atoms with Crippen molar-refractivity contribution in [3.63, 3.8) is 0 Å². The highest BCUT2D eigenvalue weighted by molar-refractivity contribution is 6.10. The second kappa shape index (κ2) is 5.29. The van der Waals surface area contributed by atoms with Gasteiger partial charge >= 0.3 is 5.97 Å². The van der Waals surface area contributed by atoms with E-state index >= 15 is 0 Å². The largest absolute Gasteiger partial charge is 0.478 e. The summed E-state index contributed by atoms with van der Waals surface area (Å²) < 4.78 is 0. The Hall–Kier alpha value is -2.86. The Bertz CT molecular complexity index is 548. The van der Waals surface area contributed by atoms with Gasteiger partial charge in [0, 0.05) is 0 Å². The lowest BCUT2D eigenvalue weighted by atomic mass is 10.1. The quantitative estimate of drug-likeness (QED) is 0.601. The highest BCUT2D eigenvalue weighted by Crippen LogP contribution is 2.18. The van der Waals surface area contributed by atoms with Gasteiger partial charge in [0.1, 0.15) is 12.1 Å². The first kappa shape index (κ1) is 12.2. The molecule has 0 saturated heterocycles. The van der Waals surface area contributed by atoms with E-state index in [0.717, 1.165) is 0 Å². The van der Waals surface area contributed by atoms with E-state index in [2.05, 4.69) is 10.5 Å². The standard InChI is InChI=1S/C11H8N4O2/c1-7-9(11(16)17)3-2-4-10(7)15-14-8(5-12)6-13/h2-4,15H,1H3,(H,16,17). The van der Waals surface area contributed by atoms with Gasteiger partial charge in [-0.3, -0.25) is 5.43 Å². The molecule has 1 aromatic rings. The van der Waals surface area contributed by atoms with Crippen LogP contribution >= 0.6 is 0 Å². The Labute approximate surface area is 97.4 Å². The van der Waals surface area contributed by atoms with Crippen LogP contribution in [0.3, 0.4) is 0 Å². The minimum Gasteiger partial charge on any atom is -0.478 e. The van der Waals surface area contributed by atoms with Gasteiger partial charge in [0.25, 0.3) is 0 Å². The monoisotopic (exact) mass is 228 g/mol. The number of nitrogens with zero attached hydrogens (tertiary/aromatic N) is 3. The van der Waals surface area contributed by atoms with E-state index in [1.807, 2.05) is 0 Å². The van der Waals surface area contributed by atoms with Crippen LogP contribution in [0.5, 0.6) is 0 Å². The molecule has 0 bridgehead atoms. The summed E-state index contributed by atoms with van der Waals surface area (Å²) in [4.78, 5) is 10.9. The van der Waals surface area contributed by atoms with Crippen molar-refractivity contribution >= 4 is 17.4 Å². The zero-order valence-electron chi connectivity index (χ0n) is 8.93. The van der Waals surface area contributed by atoms with Gasteiger partial charge < -0.3 is 5.11 Å². The molecule has 0 amide bonds. The second-order valence-corrected chi connectivity index (χ2v) is 3.08. The van der Waals surface area contributed by atoms with Crippen LogP contribution in [-0.2, 0) is 0 Å². The lowest BCUT2D eigenvalue weighted by molar-refractivity contribution is 0.0696. The van der Waals surface area contributed by atoms with E-state index in [0.29, 0.717) is 11.3 Å². The zero-order valence-corrected chi connectivity index (χ0v) is 8.93. The first-order valence-electron chi connectivity index (χ1n) is 4.57. The molecular weight excluding hydrogens is 220 g/mol. The summed E-state index contributed by atoms with van der Waals surface area (Å²) in [5.41, 5.74) is 3.22. The van der Waals surface area contributed by atoms with Gasteiger partial charge in [0.15, 0.2) is 0 Å². The molecule has 1 aromatic carbocycles. The highest BCUT2D eigenvalue weighted by Gasteiger charge is 2.09. The maximum Gasteiger partial charge on any atom is 0.336 e. The molecule has 6 heteroatoms. The van der Waals surface area contributed by atoms with Gasteiger partial charge in [-0.2, -0.15) is 15.6 Å². The first-order chi connectivity index (χ1) is 8.10. The number of aromatic carboxylic acids is 1. The van der Waals surface area contributed by atoms with Crippen molar-refractivity contribution in [2.45, 2.75) is 6.92 Å². The maximum absolute atomic E-state index is 10.9. The van der Waals surface area contributed by atoms with Crippen LogP contribution in [0.4, 0.5) is 5.69 Å². The summed E-state index contributed by atoms with van der Waals surface area (Å²) in [6.07, 6.45) is 0. The molecule has 0 spiro atoms. The van der Waals surface area contributed by atoms with E-state index in [1.165, 1.54) is 6.07 Å². The molecule has 0 aromatic heterocycles. The van der Waals surface area contributed by atoms with Crippen molar-refractivity contribution in [1.82, 2.24) is 0 Å². The number of anilines is 1. The Balaban J connectivity index is 3.07. The predicted molar refractivity (Wildman–Crippen MR) is 60.4 cm³/mol. The number of nitriles is 2. The van der Waals surface area contributed by atoms with Gasteiger partial charge in [0.05, 0.1) is 11.3 Å². The van der Waals surface area contributed by atoms with Gasteiger partial charge in [-0.15, -0.1) is 0 Å². The fourth-order valence-corrected chi connectivity index (χ4v) is 1.18. The van der Waals surface area contributed by atoms with E-state index in [9.17, 15) is 4.79 Å². The normalized spacial score (nSPS) is 8.65. The summed E-state index contributed by atoms with van der Waals surface area (Å²) in [5.74, 6) is -1.05. The molecule has 0 fully saturated rings. The molecule has 0 aliphatic rings. The van der Waals surface area contributed by atoms with Crippen molar-refractivity contribution in [1.29, 1.82) is 10.5 Å². The third-order valence-corrected chi connectivity index (χ3v) is 2.06. The predicted octanol–water partition coefficient (Wildman–Crippen LogP) is 1.51. The summed E-state index contributed by atoms with van der Waals surface area (Å²) in [6, 6.07) is 7.80. The molecule has 2 N–H and O–H groups in total. The molecular formula is C11H8N4O2. The van der Waals surface area contributed by atoms with Crippen molar-refractivity contribution < 1.29 is 9.90 Å². The molecule has 0 saturated carbocycles. The molecule has 0 aliphatic carbocycles. The van der Waals surface area contributed by atoms with E-state index in [-0.39, 0.29) is 11.3 Å². The highest BCUT2D eigenvalue weighted by atomic mass is 16.4. The van der Waals surface area contributed by atoms with Crippen LogP contribution < -0.4 is 5.43 Å². The van der Waals surface area contributed by atoms with Gasteiger partial charge in [0.2, 0.25) is 5.71 Å². The Morgan fingerprint density at radius 1 is 1.41 bits per heavy atom. The van der Waals surface area contributed by atoms with Crippen molar-refractivity contribution in [2.75, 3.05) is 5.43 Å². The second-order valence-electron chi connectivity index (χ2n) is 3.08. The van der Waals surface area contributed by atoms with Crippen LogP contribution in [0.2, 0.25) is 0 Å². The zero-order chi connectivity index (χ0) is 12.8. The van der Waals surface area contributed by atoms with Gasteiger partial charge in [-0.1, -0.05) is 6.07 Å². The Morgan fingerprint density at radius 3 is 2.59 bits per heavy atom. The number of rotatable bonds is 3. The van der Waals surface area contributed by atoms with Crippen molar-refractivity contribution in [3.8, 4) is 12.1 Å². The molecule has 17 heavy (non-hydrogen) atoms. The van der Waals surface area contributed by atoms with Crippen LogP contribution in [0.25, 0.3) is 0 Å². The molecule has 6 nitrogen and oxygen atoms in total. The van der Waals surface area contributed by atoms with Crippen molar-refractivity contribution in [3.05, 3.63) is 29.3 Å². The molecule has 0 heterocycles. The number of hydrogen-bond donors (Lipinski definition) is 2. The molecule has 84 valence electrons. The summed E-state index contributed by atoms with van der Waals surface area (Å²) in [6.45, 7) is 1.61. The fourth-order valence-electron chi connectivity index (χ4n) is 1.18. The maximum atomic E-state index is 10.9. The molecule has 0 radical (unpaired) electrons. The smallest absolute Gasteiger partial charge is 0.336 e. The molecule has 0 atom stereocenters. The number of carboxylic acids is 1. The summed E-state index contributed by atoms with van der Waals surface area (Å²) >= 11 is 0. The van der Waals surface area contributed by atoms with Crippen LogP contribution in [0, 0.1) is 29.6 Å². The van der Waals surface area contributed by atoms with E-state index < -0.39 is 5.97 Å². The number of hydrogen-bond acceptors (Lipinski definition) is 5. The first-order valence-corrected chi connectivity index (χ1v) is 4.57. The fraction of sp³-hybridized carbons (Fsp3) is 0.0909. The number of hydrazone groups is 1. The third-order valence-electron chi connectivity index (χ3n) is 2.06. The Kier molecular flexibility index (Phi) is 3.80. The average molecular weight is 228 g/mol. The number of nitrogens with one attached hydrogen (secondary N) is 1. The molecule has 0 aliphatic heterocycles. The minimum absolute atomic E-state index is 0.140. The van der Waals surface area contributed by atoms with Crippen LogP contribution in [0.15, 0.2) is 23.3 Å².